The molecular weight excluding hydrogens is 293 g/mol. The van der Waals surface area contributed by atoms with E-state index in [0.717, 1.165) is 29.2 Å². The van der Waals surface area contributed by atoms with E-state index in [1.165, 1.54) is 0 Å². The van der Waals surface area contributed by atoms with Gasteiger partial charge in [-0.2, -0.15) is 0 Å². The van der Waals surface area contributed by atoms with Crippen molar-refractivity contribution in [2.24, 2.45) is 0 Å². The molecule has 0 bridgehead atoms. The molecule has 0 aromatic heterocycles. The highest BCUT2D eigenvalue weighted by Crippen LogP contribution is 2.33. The summed E-state index contributed by atoms with van der Waals surface area (Å²) in [6.07, 6.45) is 0. The first kappa shape index (κ1) is 15.2. The minimum Gasteiger partial charge on any atom is -0.457 e. The number of nitrogens with one attached hydrogen (secondary N) is 1. The topological polar surface area (TPSA) is 21.3 Å². The van der Waals surface area contributed by atoms with Crippen LogP contribution in [0.3, 0.4) is 0 Å². The molecule has 0 heterocycles. The second-order valence-corrected chi connectivity index (χ2v) is 5.35. The van der Waals surface area contributed by atoms with Gasteiger partial charge < -0.3 is 10.1 Å². The van der Waals surface area contributed by atoms with Gasteiger partial charge >= 0.3 is 0 Å². The zero-order valence-corrected chi connectivity index (χ0v) is 13.1. The summed E-state index contributed by atoms with van der Waals surface area (Å²) >= 11 is 12.3. The van der Waals surface area contributed by atoms with Gasteiger partial charge in [0.1, 0.15) is 11.5 Å². The first-order valence-electron chi connectivity index (χ1n) is 6.54. The van der Waals surface area contributed by atoms with Crippen molar-refractivity contribution in [1.29, 1.82) is 0 Å². The van der Waals surface area contributed by atoms with Crippen molar-refractivity contribution in [3.63, 3.8) is 0 Å². The third kappa shape index (κ3) is 3.66. The van der Waals surface area contributed by atoms with Crippen LogP contribution in [0.15, 0.2) is 36.4 Å². The molecule has 0 aliphatic heterocycles. The Bertz CT molecular complexity index is 599. The molecule has 0 amide bonds. The minimum atomic E-state index is 0.654. The van der Waals surface area contributed by atoms with E-state index in [0.29, 0.717) is 16.6 Å². The Morgan fingerprint density at radius 3 is 2.65 bits per heavy atom. The monoisotopic (exact) mass is 309 g/mol. The molecule has 0 saturated heterocycles. The maximum absolute atomic E-state index is 6.26. The fourth-order valence-corrected chi connectivity index (χ4v) is 2.25. The fraction of sp³-hybridized carbons (Fsp3) is 0.250. The van der Waals surface area contributed by atoms with Gasteiger partial charge in [-0.3, -0.25) is 0 Å². The Labute approximate surface area is 129 Å². The van der Waals surface area contributed by atoms with Crippen LogP contribution in [-0.4, -0.2) is 6.54 Å². The van der Waals surface area contributed by atoms with Gasteiger partial charge in [0.15, 0.2) is 0 Å². The zero-order chi connectivity index (χ0) is 14.5. The number of hydrogen-bond donors (Lipinski definition) is 1. The lowest BCUT2D eigenvalue weighted by Gasteiger charge is -2.14. The molecule has 2 nitrogen and oxygen atoms in total. The van der Waals surface area contributed by atoms with Crippen molar-refractivity contribution in [1.82, 2.24) is 5.32 Å². The lowest BCUT2D eigenvalue weighted by molar-refractivity contribution is 0.470. The Balaban J connectivity index is 2.33. The van der Waals surface area contributed by atoms with Gasteiger partial charge in [-0.05, 0) is 43.3 Å². The molecule has 0 spiro atoms. The third-order valence-electron chi connectivity index (χ3n) is 3.00. The Kier molecular flexibility index (Phi) is 5.30. The molecule has 0 saturated carbocycles. The molecule has 1 N–H and O–H groups in total. The maximum Gasteiger partial charge on any atom is 0.133 e. The van der Waals surface area contributed by atoms with Crippen LogP contribution in [0.4, 0.5) is 0 Å². The number of aryl methyl sites for hydroxylation is 1. The van der Waals surface area contributed by atoms with E-state index in [-0.39, 0.29) is 0 Å². The molecule has 0 aliphatic rings. The summed E-state index contributed by atoms with van der Waals surface area (Å²) in [6.45, 7) is 5.59. The molecular formula is C16H17Cl2NO. The van der Waals surface area contributed by atoms with E-state index >= 15 is 0 Å². The van der Waals surface area contributed by atoms with Crippen molar-refractivity contribution < 1.29 is 4.74 Å². The second kappa shape index (κ2) is 6.98. The fourth-order valence-electron chi connectivity index (χ4n) is 1.86. The van der Waals surface area contributed by atoms with Crippen LogP contribution in [0, 0.1) is 6.92 Å². The predicted molar refractivity (Wildman–Crippen MR) is 85.1 cm³/mol. The largest absolute Gasteiger partial charge is 0.457 e. The van der Waals surface area contributed by atoms with Gasteiger partial charge in [0, 0.05) is 22.2 Å². The summed E-state index contributed by atoms with van der Waals surface area (Å²) in [5.74, 6) is 1.50. The van der Waals surface area contributed by atoms with Crippen LogP contribution in [0.5, 0.6) is 11.5 Å². The van der Waals surface area contributed by atoms with Crippen LogP contribution in [-0.2, 0) is 6.54 Å². The van der Waals surface area contributed by atoms with Crippen molar-refractivity contribution in [3.8, 4) is 11.5 Å². The number of rotatable bonds is 5. The highest BCUT2D eigenvalue weighted by Gasteiger charge is 2.10. The average molecular weight is 310 g/mol. The molecule has 0 unspecified atom stereocenters. The molecule has 20 heavy (non-hydrogen) atoms. The van der Waals surface area contributed by atoms with Crippen molar-refractivity contribution in [2.75, 3.05) is 6.54 Å². The van der Waals surface area contributed by atoms with Crippen LogP contribution in [0.2, 0.25) is 10.0 Å². The average Bonchev–Trinajstić information content (AvgIpc) is 2.42. The van der Waals surface area contributed by atoms with Crippen LogP contribution in [0.1, 0.15) is 18.1 Å². The summed E-state index contributed by atoms with van der Waals surface area (Å²) in [5, 5.41) is 4.62. The quantitative estimate of drug-likeness (QED) is 0.819. The normalized spacial score (nSPS) is 10.6. The lowest BCUT2D eigenvalue weighted by atomic mass is 10.2. The van der Waals surface area contributed by atoms with E-state index < -0.39 is 0 Å². The summed E-state index contributed by atoms with van der Waals surface area (Å²) < 4.78 is 5.99. The molecule has 106 valence electrons. The van der Waals surface area contributed by atoms with Crippen molar-refractivity contribution in [2.45, 2.75) is 20.4 Å². The Morgan fingerprint density at radius 1 is 1.10 bits per heavy atom. The smallest absolute Gasteiger partial charge is 0.133 e. The minimum absolute atomic E-state index is 0.654. The van der Waals surface area contributed by atoms with Gasteiger partial charge in [-0.1, -0.05) is 42.3 Å². The van der Waals surface area contributed by atoms with E-state index in [1.807, 2.05) is 43.3 Å². The SMILES string of the molecule is CCNCc1c(Cl)cccc1Oc1cc(Cl)ccc1C. The van der Waals surface area contributed by atoms with Gasteiger partial charge in [0.2, 0.25) is 0 Å². The maximum atomic E-state index is 6.26. The van der Waals surface area contributed by atoms with Crippen molar-refractivity contribution in [3.05, 3.63) is 57.6 Å². The summed E-state index contributed by atoms with van der Waals surface area (Å²) in [6, 6.07) is 11.3. The van der Waals surface area contributed by atoms with Crippen molar-refractivity contribution >= 4 is 23.2 Å². The van der Waals surface area contributed by atoms with E-state index in [1.54, 1.807) is 0 Å². The molecule has 0 atom stereocenters. The van der Waals surface area contributed by atoms with Gasteiger partial charge in [-0.15, -0.1) is 0 Å². The molecule has 0 aliphatic carbocycles. The van der Waals surface area contributed by atoms with Crippen LogP contribution >= 0.6 is 23.2 Å². The third-order valence-corrected chi connectivity index (χ3v) is 3.59. The number of halogens is 2. The highest BCUT2D eigenvalue weighted by atomic mass is 35.5. The van der Waals surface area contributed by atoms with Gasteiger partial charge in [0.05, 0.1) is 0 Å². The molecule has 0 fully saturated rings. The van der Waals surface area contributed by atoms with Gasteiger partial charge in [0.25, 0.3) is 0 Å². The number of ether oxygens (including phenoxy) is 1. The van der Waals surface area contributed by atoms with Crippen LogP contribution < -0.4 is 10.1 Å². The number of benzene rings is 2. The van der Waals surface area contributed by atoms with Gasteiger partial charge in [-0.25, -0.2) is 0 Å². The Hall–Kier alpha value is -1.22. The first-order chi connectivity index (χ1) is 9.61. The standard InChI is InChI=1S/C16H17Cl2NO/c1-3-19-10-13-14(18)5-4-6-15(13)20-16-9-12(17)8-7-11(16)2/h4-9,19H,3,10H2,1-2H3. The second-order valence-electron chi connectivity index (χ2n) is 4.51. The van der Waals surface area contributed by atoms with E-state index in [4.69, 9.17) is 27.9 Å². The zero-order valence-electron chi connectivity index (χ0n) is 11.5. The van der Waals surface area contributed by atoms with E-state index in [2.05, 4.69) is 12.2 Å². The summed E-state index contributed by atoms with van der Waals surface area (Å²) in [5.41, 5.74) is 1.99. The van der Waals surface area contributed by atoms with Crippen LogP contribution in [0.25, 0.3) is 0 Å². The molecule has 2 aromatic carbocycles. The molecule has 2 rings (SSSR count). The molecule has 0 radical (unpaired) electrons. The lowest BCUT2D eigenvalue weighted by Crippen LogP contribution is -2.12. The predicted octanol–water partition coefficient (Wildman–Crippen LogP) is 5.20. The summed E-state index contributed by atoms with van der Waals surface area (Å²) in [7, 11) is 0. The Morgan fingerprint density at radius 2 is 1.90 bits per heavy atom. The molecule has 4 heteroatoms. The summed E-state index contributed by atoms with van der Waals surface area (Å²) in [4.78, 5) is 0. The highest BCUT2D eigenvalue weighted by molar-refractivity contribution is 6.31. The molecule has 2 aromatic rings. The number of hydrogen-bond acceptors (Lipinski definition) is 2. The van der Waals surface area contributed by atoms with E-state index in [9.17, 15) is 0 Å². The first-order valence-corrected chi connectivity index (χ1v) is 7.29.